The molecule has 0 radical (unpaired) electrons. The number of carbonyl (C=O) groups is 1. The molecule has 1 aliphatic heterocycles. The first-order chi connectivity index (χ1) is 11.7. The third-order valence-electron chi connectivity index (χ3n) is 4.23. The van der Waals surface area contributed by atoms with Crippen LogP contribution in [0.3, 0.4) is 0 Å². The molecule has 0 saturated carbocycles. The zero-order chi connectivity index (χ0) is 16.9. The lowest BCUT2D eigenvalue weighted by atomic mass is 9.96. The maximum Gasteiger partial charge on any atom is 0.273 e. The summed E-state index contributed by atoms with van der Waals surface area (Å²) in [5, 5.41) is 15.8. The number of hydrogen-bond acceptors (Lipinski definition) is 6. The summed E-state index contributed by atoms with van der Waals surface area (Å²) in [4.78, 5) is 18.4. The van der Waals surface area contributed by atoms with E-state index >= 15 is 0 Å². The molecule has 3 heterocycles. The van der Waals surface area contributed by atoms with Gasteiger partial charge in [0.15, 0.2) is 5.69 Å². The number of aromatic nitrogens is 2. The van der Waals surface area contributed by atoms with Crippen molar-refractivity contribution < 1.29 is 9.32 Å². The van der Waals surface area contributed by atoms with Gasteiger partial charge in [0.05, 0.1) is 5.56 Å². The fraction of sp³-hybridized carbons (Fsp3) is 0.412. The number of rotatable bonds is 4. The summed E-state index contributed by atoms with van der Waals surface area (Å²) >= 11 is 0. The molecule has 1 aliphatic rings. The Bertz CT molecular complexity index is 756. The van der Waals surface area contributed by atoms with Gasteiger partial charge in [-0.05, 0) is 37.8 Å². The Morgan fingerprint density at radius 2 is 2.29 bits per heavy atom. The molecule has 1 N–H and O–H groups in total. The summed E-state index contributed by atoms with van der Waals surface area (Å²) in [7, 11) is 0. The van der Waals surface area contributed by atoms with E-state index in [2.05, 4.69) is 26.4 Å². The second-order valence-corrected chi connectivity index (χ2v) is 5.95. The molecule has 7 nitrogen and oxygen atoms in total. The van der Waals surface area contributed by atoms with Crippen molar-refractivity contribution >= 4 is 11.7 Å². The molecule has 2 aromatic heterocycles. The van der Waals surface area contributed by atoms with Crippen LogP contribution in [-0.2, 0) is 0 Å². The van der Waals surface area contributed by atoms with Crippen LogP contribution in [0, 0.1) is 24.2 Å². The highest BCUT2D eigenvalue weighted by molar-refractivity contribution is 5.92. The van der Waals surface area contributed by atoms with Crippen LogP contribution in [-0.4, -0.2) is 35.7 Å². The van der Waals surface area contributed by atoms with Crippen LogP contribution in [0.5, 0.6) is 0 Å². The molecule has 24 heavy (non-hydrogen) atoms. The van der Waals surface area contributed by atoms with Crippen molar-refractivity contribution in [2.75, 3.05) is 24.5 Å². The quantitative estimate of drug-likeness (QED) is 0.922. The molecular weight excluding hydrogens is 306 g/mol. The number of hydrogen-bond donors (Lipinski definition) is 1. The Balaban J connectivity index is 1.50. The van der Waals surface area contributed by atoms with Crippen molar-refractivity contribution in [1.82, 2.24) is 15.5 Å². The standard InChI is InChI=1S/C17H19N5O2/c1-12-9-15(21-24-12)17(23)20-11-13-4-7-22(8-5-13)16-14(10-18)3-2-6-19-16/h2-3,6,9,13H,4-5,7-8,11H2,1H3,(H,20,23). The highest BCUT2D eigenvalue weighted by Gasteiger charge is 2.22. The van der Waals surface area contributed by atoms with E-state index in [4.69, 9.17) is 4.52 Å². The van der Waals surface area contributed by atoms with Crippen molar-refractivity contribution in [3.8, 4) is 6.07 Å². The van der Waals surface area contributed by atoms with Gasteiger partial charge >= 0.3 is 0 Å². The predicted octanol–water partition coefficient (Wildman–Crippen LogP) is 1.90. The molecule has 1 saturated heterocycles. The molecule has 0 aromatic carbocycles. The SMILES string of the molecule is Cc1cc(C(=O)NCC2CCN(c3ncccc3C#N)CC2)no1. The topological polar surface area (TPSA) is 95.1 Å². The maximum atomic E-state index is 12.0. The monoisotopic (exact) mass is 325 g/mol. The predicted molar refractivity (Wildman–Crippen MR) is 87.5 cm³/mol. The third-order valence-corrected chi connectivity index (χ3v) is 4.23. The van der Waals surface area contributed by atoms with Gasteiger partial charge in [-0.2, -0.15) is 5.26 Å². The summed E-state index contributed by atoms with van der Waals surface area (Å²) in [6, 6.07) is 7.37. The van der Waals surface area contributed by atoms with Gasteiger partial charge in [0.2, 0.25) is 0 Å². The first-order valence-electron chi connectivity index (χ1n) is 7.99. The van der Waals surface area contributed by atoms with Gasteiger partial charge < -0.3 is 14.7 Å². The summed E-state index contributed by atoms with van der Waals surface area (Å²) in [5.41, 5.74) is 0.919. The van der Waals surface area contributed by atoms with E-state index in [-0.39, 0.29) is 5.91 Å². The summed E-state index contributed by atoms with van der Waals surface area (Å²) in [6.45, 7) is 4.03. The summed E-state index contributed by atoms with van der Waals surface area (Å²) < 4.78 is 4.91. The molecule has 2 aromatic rings. The van der Waals surface area contributed by atoms with Gasteiger partial charge in [0.1, 0.15) is 17.6 Å². The number of amides is 1. The van der Waals surface area contributed by atoms with Crippen molar-refractivity contribution in [2.45, 2.75) is 19.8 Å². The van der Waals surface area contributed by atoms with E-state index < -0.39 is 0 Å². The summed E-state index contributed by atoms with van der Waals surface area (Å²) in [5.74, 6) is 1.58. The van der Waals surface area contributed by atoms with Crippen LogP contribution in [0.2, 0.25) is 0 Å². The number of pyridine rings is 1. The molecule has 0 atom stereocenters. The lowest BCUT2D eigenvalue weighted by Gasteiger charge is -2.33. The lowest BCUT2D eigenvalue weighted by molar-refractivity contribution is 0.0935. The number of anilines is 1. The number of aryl methyl sites for hydroxylation is 1. The molecule has 0 aliphatic carbocycles. The van der Waals surface area contributed by atoms with E-state index in [9.17, 15) is 10.1 Å². The first kappa shape index (κ1) is 16.0. The maximum absolute atomic E-state index is 12.0. The third kappa shape index (κ3) is 3.54. The molecule has 7 heteroatoms. The molecule has 0 bridgehead atoms. The fourth-order valence-electron chi connectivity index (χ4n) is 2.89. The van der Waals surface area contributed by atoms with E-state index in [0.29, 0.717) is 29.5 Å². The van der Waals surface area contributed by atoms with Crippen LogP contribution in [0.1, 0.15) is 34.7 Å². The van der Waals surface area contributed by atoms with Crippen LogP contribution in [0.15, 0.2) is 28.9 Å². The normalized spacial score (nSPS) is 15.1. The van der Waals surface area contributed by atoms with Crippen molar-refractivity contribution in [1.29, 1.82) is 5.26 Å². The van der Waals surface area contributed by atoms with Crippen molar-refractivity contribution in [3.63, 3.8) is 0 Å². The van der Waals surface area contributed by atoms with E-state index in [1.54, 1.807) is 31.3 Å². The van der Waals surface area contributed by atoms with E-state index in [1.807, 2.05) is 0 Å². The van der Waals surface area contributed by atoms with Gasteiger partial charge in [-0.3, -0.25) is 4.79 Å². The van der Waals surface area contributed by atoms with Crippen LogP contribution < -0.4 is 10.2 Å². The number of nitrogens with zero attached hydrogens (tertiary/aromatic N) is 4. The van der Waals surface area contributed by atoms with Gasteiger partial charge in [-0.15, -0.1) is 0 Å². The smallest absolute Gasteiger partial charge is 0.273 e. The minimum absolute atomic E-state index is 0.203. The van der Waals surface area contributed by atoms with E-state index in [0.717, 1.165) is 31.7 Å². The molecule has 0 unspecified atom stereocenters. The molecule has 0 spiro atoms. The van der Waals surface area contributed by atoms with Crippen LogP contribution in [0.4, 0.5) is 5.82 Å². The molecule has 1 fully saturated rings. The molecule has 1 amide bonds. The minimum atomic E-state index is -0.203. The second-order valence-electron chi connectivity index (χ2n) is 5.95. The van der Waals surface area contributed by atoms with Gasteiger partial charge in [0.25, 0.3) is 5.91 Å². The molecule has 3 rings (SSSR count). The highest BCUT2D eigenvalue weighted by atomic mass is 16.5. The molecular formula is C17H19N5O2. The minimum Gasteiger partial charge on any atom is -0.361 e. The largest absolute Gasteiger partial charge is 0.361 e. The average Bonchev–Trinajstić information content (AvgIpc) is 3.06. The van der Waals surface area contributed by atoms with Gasteiger partial charge in [-0.1, -0.05) is 5.16 Å². The Morgan fingerprint density at radius 3 is 2.96 bits per heavy atom. The zero-order valence-electron chi connectivity index (χ0n) is 13.5. The second kappa shape index (κ2) is 7.13. The number of carbonyl (C=O) groups excluding carboxylic acids is 1. The van der Waals surface area contributed by atoms with Crippen LogP contribution >= 0.6 is 0 Å². The lowest BCUT2D eigenvalue weighted by Crippen LogP contribution is -2.39. The Morgan fingerprint density at radius 1 is 1.50 bits per heavy atom. The van der Waals surface area contributed by atoms with Crippen molar-refractivity contribution in [3.05, 3.63) is 41.4 Å². The number of nitrogens with one attached hydrogen (secondary N) is 1. The zero-order valence-corrected chi connectivity index (χ0v) is 13.5. The molecule has 124 valence electrons. The average molecular weight is 325 g/mol. The van der Waals surface area contributed by atoms with Gasteiger partial charge in [-0.25, -0.2) is 4.98 Å². The Hall–Kier alpha value is -2.88. The fourth-order valence-corrected chi connectivity index (χ4v) is 2.89. The van der Waals surface area contributed by atoms with Crippen LogP contribution in [0.25, 0.3) is 0 Å². The van der Waals surface area contributed by atoms with Crippen molar-refractivity contribution in [2.24, 2.45) is 5.92 Å². The Labute approximate surface area is 140 Å². The van der Waals surface area contributed by atoms with Gasteiger partial charge in [0, 0.05) is 31.9 Å². The summed E-state index contributed by atoms with van der Waals surface area (Å²) in [6.07, 6.45) is 3.60. The Kier molecular flexibility index (Phi) is 4.75. The first-order valence-corrected chi connectivity index (χ1v) is 7.99. The van der Waals surface area contributed by atoms with E-state index in [1.165, 1.54) is 0 Å². The highest BCUT2D eigenvalue weighted by Crippen LogP contribution is 2.23. The number of nitriles is 1. The number of piperidine rings is 1.